The first-order valence-electron chi connectivity index (χ1n) is 7.48. The molecule has 5 heteroatoms. The topological polar surface area (TPSA) is 62.8 Å². The third kappa shape index (κ3) is 3.14. The molecule has 0 amide bonds. The smallest absolute Gasteiger partial charge is 0.294 e. The number of halogens is 1. The monoisotopic (exact) mass is 338 g/mol. The lowest BCUT2D eigenvalue weighted by atomic mass is 9.95. The fourth-order valence-electron chi connectivity index (χ4n) is 2.78. The maximum Gasteiger partial charge on any atom is 0.294 e. The van der Waals surface area contributed by atoms with Crippen LogP contribution >= 0.6 is 11.6 Å². The Labute approximate surface area is 144 Å². The summed E-state index contributed by atoms with van der Waals surface area (Å²) in [4.78, 5) is 30.7. The molecule has 0 bridgehead atoms. The number of pyridine rings is 1. The Morgan fingerprint density at radius 3 is 2.38 bits per heavy atom. The summed E-state index contributed by atoms with van der Waals surface area (Å²) in [6.07, 6.45) is 4.08. The Bertz CT molecular complexity index is 886. The quantitative estimate of drug-likeness (QED) is 0.435. The van der Waals surface area contributed by atoms with Gasteiger partial charge in [0.2, 0.25) is 0 Å². The lowest BCUT2D eigenvalue weighted by molar-refractivity contribution is -0.108. The predicted octanol–water partition coefficient (Wildman–Crippen LogP) is 3.92. The first kappa shape index (κ1) is 16.1. The van der Waals surface area contributed by atoms with Crippen LogP contribution in [0.25, 0.3) is 11.1 Å². The Hall–Kier alpha value is -2.72. The molecule has 1 aromatic carbocycles. The van der Waals surface area contributed by atoms with Crippen molar-refractivity contribution in [3.63, 3.8) is 0 Å². The molecule has 0 unspecified atom stereocenters. The Morgan fingerprint density at radius 2 is 1.75 bits per heavy atom. The number of rotatable bonds is 5. The SMILES string of the molecule is Cc1[nH]c(C(=O)C(=O)Cl)c(-c2ccccc2)c1Cc1ccncc1. The fourth-order valence-corrected chi connectivity index (χ4v) is 2.88. The van der Waals surface area contributed by atoms with Crippen molar-refractivity contribution in [1.29, 1.82) is 0 Å². The summed E-state index contributed by atoms with van der Waals surface area (Å²) in [6, 6.07) is 13.4. The molecule has 3 aromatic rings. The number of hydrogen-bond acceptors (Lipinski definition) is 3. The van der Waals surface area contributed by atoms with Crippen molar-refractivity contribution in [1.82, 2.24) is 9.97 Å². The van der Waals surface area contributed by atoms with Gasteiger partial charge in [0.15, 0.2) is 0 Å². The van der Waals surface area contributed by atoms with Gasteiger partial charge in [0, 0.05) is 23.7 Å². The molecule has 0 aliphatic rings. The lowest BCUT2D eigenvalue weighted by Crippen LogP contribution is -2.09. The van der Waals surface area contributed by atoms with Crippen molar-refractivity contribution in [2.24, 2.45) is 0 Å². The Morgan fingerprint density at radius 1 is 1.08 bits per heavy atom. The molecule has 0 radical (unpaired) electrons. The van der Waals surface area contributed by atoms with Crippen LogP contribution in [0.3, 0.4) is 0 Å². The van der Waals surface area contributed by atoms with Crippen LogP contribution in [-0.4, -0.2) is 21.0 Å². The van der Waals surface area contributed by atoms with Crippen molar-refractivity contribution in [3.8, 4) is 11.1 Å². The van der Waals surface area contributed by atoms with E-state index in [1.54, 1.807) is 12.4 Å². The molecule has 2 aromatic heterocycles. The van der Waals surface area contributed by atoms with Gasteiger partial charge in [0.25, 0.3) is 11.0 Å². The minimum absolute atomic E-state index is 0.239. The molecule has 0 spiro atoms. The molecular weight excluding hydrogens is 324 g/mol. The second-order valence-corrected chi connectivity index (χ2v) is 5.82. The third-order valence-corrected chi connectivity index (χ3v) is 4.09. The zero-order chi connectivity index (χ0) is 17.1. The van der Waals surface area contributed by atoms with Gasteiger partial charge in [-0.15, -0.1) is 0 Å². The van der Waals surface area contributed by atoms with E-state index < -0.39 is 11.0 Å². The third-order valence-electron chi connectivity index (χ3n) is 3.92. The minimum atomic E-state index is -0.996. The van der Waals surface area contributed by atoms with Gasteiger partial charge < -0.3 is 4.98 Å². The zero-order valence-corrected chi connectivity index (χ0v) is 13.8. The highest BCUT2D eigenvalue weighted by molar-refractivity contribution is 6.83. The molecule has 0 atom stereocenters. The number of aryl methyl sites for hydroxylation is 1. The largest absolute Gasteiger partial charge is 0.355 e. The number of carbonyl (C=O) groups is 2. The van der Waals surface area contributed by atoms with Crippen molar-refractivity contribution in [3.05, 3.63) is 77.4 Å². The number of H-pyrrole nitrogens is 1. The number of ketones is 1. The average molecular weight is 339 g/mol. The van der Waals surface area contributed by atoms with Crippen molar-refractivity contribution in [2.75, 3.05) is 0 Å². The number of aromatic nitrogens is 2. The number of nitrogens with zero attached hydrogens (tertiary/aromatic N) is 1. The maximum absolute atomic E-state index is 12.2. The van der Waals surface area contributed by atoms with Crippen LogP contribution in [-0.2, 0) is 11.2 Å². The molecule has 2 heterocycles. The first-order valence-corrected chi connectivity index (χ1v) is 7.85. The fraction of sp³-hybridized carbons (Fsp3) is 0.105. The van der Waals surface area contributed by atoms with Gasteiger partial charge in [0.1, 0.15) is 0 Å². The summed E-state index contributed by atoms with van der Waals surface area (Å²) in [5.41, 5.74) is 4.71. The van der Waals surface area contributed by atoms with Crippen molar-refractivity contribution < 1.29 is 9.59 Å². The summed E-state index contributed by atoms with van der Waals surface area (Å²) in [5, 5.41) is -0.996. The Kier molecular flexibility index (Phi) is 4.58. The highest BCUT2D eigenvalue weighted by Crippen LogP contribution is 2.32. The molecule has 0 saturated heterocycles. The van der Waals surface area contributed by atoms with E-state index >= 15 is 0 Å². The number of Topliss-reactive ketones (excluding diaryl/α,β-unsaturated/α-hetero) is 1. The van der Waals surface area contributed by atoms with E-state index in [0.717, 1.165) is 27.9 Å². The second-order valence-electron chi connectivity index (χ2n) is 5.48. The average Bonchev–Trinajstić information content (AvgIpc) is 2.92. The van der Waals surface area contributed by atoms with Gasteiger partial charge in [-0.25, -0.2) is 0 Å². The molecule has 0 fully saturated rings. The van der Waals surface area contributed by atoms with Gasteiger partial charge in [-0.1, -0.05) is 30.3 Å². The maximum atomic E-state index is 12.2. The lowest BCUT2D eigenvalue weighted by Gasteiger charge is -2.08. The van der Waals surface area contributed by atoms with Crippen LogP contribution in [0, 0.1) is 6.92 Å². The molecule has 120 valence electrons. The second kappa shape index (κ2) is 6.81. The van der Waals surface area contributed by atoms with E-state index in [2.05, 4.69) is 9.97 Å². The van der Waals surface area contributed by atoms with Crippen molar-refractivity contribution in [2.45, 2.75) is 13.3 Å². The van der Waals surface area contributed by atoms with Crippen LogP contribution in [0.1, 0.15) is 27.3 Å². The number of hydrogen-bond donors (Lipinski definition) is 1. The van der Waals surface area contributed by atoms with E-state index in [0.29, 0.717) is 6.42 Å². The van der Waals surface area contributed by atoms with Crippen LogP contribution < -0.4 is 0 Å². The van der Waals surface area contributed by atoms with E-state index in [9.17, 15) is 9.59 Å². The molecule has 4 nitrogen and oxygen atoms in total. The number of aromatic amines is 1. The van der Waals surface area contributed by atoms with Gasteiger partial charge in [-0.2, -0.15) is 0 Å². The zero-order valence-electron chi connectivity index (χ0n) is 13.0. The summed E-state index contributed by atoms with van der Waals surface area (Å²) >= 11 is 5.43. The van der Waals surface area contributed by atoms with E-state index in [1.165, 1.54) is 0 Å². The highest BCUT2D eigenvalue weighted by Gasteiger charge is 2.25. The van der Waals surface area contributed by atoms with Crippen LogP contribution in [0.15, 0.2) is 54.9 Å². The number of benzene rings is 1. The van der Waals surface area contributed by atoms with E-state index in [-0.39, 0.29) is 5.69 Å². The van der Waals surface area contributed by atoms with Crippen LogP contribution in [0.5, 0.6) is 0 Å². The van der Waals surface area contributed by atoms with E-state index in [1.807, 2.05) is 49.4 Å². The normalized spacial score (nSPS) is 10.6. The summed E-state index contributed by atoms with van der Waals surface area (Å²) in [7, 11) is 0. The summed E-state index contributed by atoms with van der Waals surface area (Å²) in [5.74, 6) is -0.723. The van der Waals surface area contributed by atoms with Crippen molar-refractivity contribution >= 4 is 22.6 Å². The van der Waals surface area contributed by atoms with Gasteiger partial charge in [0.05, 0.1) is 5.69 Å². The number of nitrogens with one attached hydrogen (secondary N) is 1. The first-order chi connectivity index (χ1) is 11.6. The molecule has 3 rings (SSSR count). The predicted molar refractivity (Wildman–Crippen MR) is 93.2 cm³/mol. The summed E-state index contributed by atoms with van der Waals surface area (Å²) < 4.78 is 0. The summed E-state index contributed by atoms with van der Waals surface area (Å²) in [6.45, 7) is 1.89. The highest BCUT2D eigenvalue weighted by atomic mass is 35.5. The number of carbonyl (C=O) groups excluding carboxylic acids is 2. The van der Waals surface area contributed by atoms with Gasteiger partial charge in [-0.3, -0.25) is 14.6 Å². The molecule has 24 heavy (non-hydrogen) atoms. The van der Waals surface area contributed by atoms with Crippen LogP contribution in [0.2, 0.25) is 0 Å². The minimum Gasteiger partial charge on any atom is -0.355 e. The molecule has 0 saturated carbocycles. The molecule has 0 aliphatic heterocycles. The van der Waals surface area contributed by atoms with E-state index in [4.69, 9.17) is 11.6 Å². The standard InChI is InChI=1S/C19H15ClN2O2/c1-12-15(11-13-7-9-21-10-8-13)16(14-5-3-2-4-6-14)17(22-12)18(23)19(20)24/h2-10,22H,11H2,1H3. The van der Waals surface area contributed by atoms with Gasteiger partial charge in [-0.05, 0) is 53.8 Å². The molecular formula is C19H15ClN2O2. The van der Waals surface area contributed by atoms with Crippen LogP contribution in [0.4, 0.5) is 0 Å². The molecule has 1 N–H and O–H groups in total. The molecule has 0 aliphatic carbocycles. The van der Waals surface area contributed by atoms with Gasteiger partial charge >= 0.3 is 0 Å². The Balaban J connectivity index is 2.17.